The number of aliphatic hydroxyl groups is 1. The van der Waals surface area contributed by atoms with Crippen LogP contribution in [0.4, 0.5) is 13.2 Å². The molecule has 0 heterocycles. The lowest BCUT2D eigenvalue weighted by Gasteiger charge is -2.27. The van der Waals surface area contributed by atoms with Gasteiger partial charge in [-0.2, -0.15) is 0 Å². The van der Waals surface area contributed by atoms with E-state index in [4.69, 9.17) is 34.8 Å². The predicted molar refractivity (Wildman–Crippen MR) is 63.3 cm³/mol. The Bertz CT molecular complexity index is 506. The van der Waals surface area contributed by atoms with Crippen LogP contribution in [0.1, 0.15) is 5.56 Å². The number of hydrogen-bond acceptors (Lipinski definition) is 3. The highest BCUT2D eigenvalue weighted by molar-refractivity contribution is 6.48. The molecule has 4 nitrogen and oxygen atoms in total. The number of nitro groups is 1. The van der Waals surface area contributed by atoms with Crippen molar-refractivity contribution < 1.29 is 23.2 Å². The van der Waals surface area contributed by atoms with E-state index in [1.54, 1.807) is 0 Å². The van der Waals surface area contributed by atoms with Gasteiger partial charge in [0, 0.05) is 5.56 Å². The first-order valence-electron chi connectivity index (χ1n) is 4.53. The Morgan fingerprint density at radius 1 is 1.26 bits per heavy atom. The Morgan fingerprint density at radius 2 is 1.68 bits per heavy atom. The van der Waals surface area contributed by atoms with Crippen molar-refractivity contribution in [3.05, 3.63) is 42.9 Å². The van der Waals surface area contributed by atoms with Crippen molar-refractivity contribution in [2.24, 2.45) is 0 Å². The first-order chi connectivity index (χ1) is 8.57. The number of rotatable bonds is 4. The molecular formula is C9H5Cl3F3NO3. The Labute approximate surface area is 119 Å². The molecule has 0 saturated heterocycles. The summed E-state index contributed by atoms with van der Waals surface area (Å²) < 4.78 is 39.5. The third-order valence-electron chi connectivity index (χ3n) is 2.38. The third kappa shape index (κ3) is 2.60. The maximum atomic E-state index is 13.3. The third-order valence-corrected chi connectivity index (χ3v) is 3.58. The summed E-state index contributed by atoms with van der Waals surface area (Å²) >= 11 is 16.7. The molecule has 0 fully saturated rings. The molecule has 1 aromatic rings. The molecule has 106 valence electrons. The molecule has 0 amide bonds. The largest absolute Gasteiger partial charge is 0.546 e. The molecule has 0 aliphatic heterocycles. The maximum absolute atomic E-state index is 13.3. The van der Waals surface area contributed by atoms with Gasteiger partial charge in [-0.3, -0.25) is 10.1 Å². The molecule has 19 heavy (non-hydrogen) atoms. The zero-order valence-corrected chi connectivity index (χ0v) is 11.1. The Morgan fingerprint density at radius 3 is 2.00 bits per heavy atom. The van der Waals surface area contributed by atoms with Gasteiger partial charge < -0.3 is 5.11 Å². The van der Waals surface area contributed by atoms with Crippen molar-refractivity contribution in [2.45, 2.75) is 11.6 Å². The van der Waals surface area contributed by atoms with E-state index in [2.05, 4.69) is 0 Å². The first kappa shape index (κ1) is 16.3. The maximum Gasteiger partial charge on any atom is 0.546 e. The van der Waals surface area contributed by atoms with Crippen molar-refractivity contribution in [3.63, 3.8) is 0 Å². The molecule has 1 rings (SSSR count). The molecule has 10 heteroatoms. The van der Waals surface area contributed by atoms with Crippen LogP contribution < -0.4 is 0 Å². The number of benzene rings is 1. The highest BCUT2D eigenvalue weighted by Gasteiger charge is 2.66. The summed E-state index contributed by atoms with van der Waals surface area (Å²) in [6.07, 6.45) is 0. The van der Waals surface area contributed by atoms with E-state index in [0.29, 0.717) is 12.1 Å². The molecule has 0 spiro atoms. The molecule has 0 bridgehead atoms. The summed E-state index contributed by atoms with van der Waals surface area (Å²) in [5.74, 6) is 0. The average molecular weight is 338 g/mol. The van der Waals surface area contributed by atoms with Gasteiger partial charge in [-0.05, 0) is 12.1 Å². The molecule has 1 atom stereocenters. The monoisotopic (exact) mass is 337 g/mol. The smallest absolute Gasteiger partial charge is 0.371 e. The molecule has 0 radical (unpaired) electrons. The van der Waals surface area contributed by atoms with E-state index < -0.39 is 28.8 Å². The van der Waals surface area contributed by atoms with Gasteiger partial charge in [0.05, 0.1) is 20.0 Å². The Kier molecular flexibility index (Phi) is 4.56. The minimum Gasteiger partial charge on any atom is -0.371 e. The van der Waals surface area contributed by atoms with Crippen LogP contribution in [0, 0.1) is 10.1 Å². The van der Waals surface area contributed by atoms with E-state index in [-0.39, 0.29) is 15.1 Å². The lowest BCUT2D eigenvalue weighted by atomic mass is 9.93. The van der Waals surface area contributed by atoms with E-state index in [1.165, 1.54) is 0 Å². The molecule has 1 aromatic carbocycles. The zero-order chi connectivity index (χ0) is 15.0. The second-order valence-electron chi connectivity index (χ2n) is 3.55. The summed E-state index contributed by atoms with van der Waals surface area (Å²) in [5.41, 5.74) is -4.55. The molecule has 0 aromatic heterocycles. The van der Waals surface area contributed by atoms with Gasteiger partial charge in [-0.15, -0.1) is 8.78 Å². The summed E-state index contributed by atoms with van der Waals surface area (Å²) in [5, 5.41) is 19.0. The SMILES string of the molecule is O=[N+]([O-])C(F)(F)C(O)(CF)c1cc(Cl)c(Cl)c(Cl)c1. The van der Waals surface area contributed by atoms with E-state index in [1.807, 2.05) is 0 Å². The summed E-state index contributed by atoms with van der Waals surface area (Å²) in [4.78, 5) is 8.18. The number of hydrogen-bond donors (Lipinski definition) is 1. The van der Waals surface area contributed by atoms with E-state index >= 15 is 0 Å². The van der Waals surface area contributed by atoms with Crippen molar-refractivity contribution in [2.75, 3.05) is 6.67 Å². The average Bonchev–Trinajstić information content (AvgIpc) is 2.33. The molecular weight excluding hydrogens is 333 g/mol. The van der Waals surface area contributed by atoms with Crippen LogP contribution in [0.3, 0.4) is 0 Å². The van der Waals surface area contributed by atoms with Gasteiger partial charge in [0.2, 0.25) is 0 Å². The Balaban J connectivity index is 3.51. The van der Waals surface area contributed by atoms with Crippen LogP contribution in [-0.4, -0.2) is 22.8 Å². The number of alkyl halides is 3. The normalized spacial score (nSPS) is 15.1. The van der Waals surface area contributed by atoms with Crippen LogP contribution >= 0.6 is 34.8 Å². The molecule has 1 N–H and O–H groups in total. The van der Waals surface area contributed by atoms with Crippen molar-refractivity contribution >= 4 is 34.8 Å². The highest BCUT2D eigenvalue weighted by Crippen LogP contribution is 2.42. The quantitative estimate of drug-likeness (QED) is 0.394. The predicted octanol–water partition coefficient (Wildman–Crippen LogP) is 3.67. The van der Waals surface area contributed by atoms with Gasteiger partial charge in [-0.1, -0.05) is 34.8 Å². The standard InChI is InChI=1S/C9H5Cl3F3NO3/c10-5-1-4(2-6(11)7(5)12)8(17,3-13)9(14,15)16(18)19/h1-2,17H,3H2. The van der Waals surface area contributed by atoms with Crippen molar-refractivity contribution in [1.82, 2.24) is 0 Å². The van der Waals surface area contributed by atoms with Gasteiger partial charge in [0.1, 0.15) is 6.67 Å². The highest BCUT2D eigenvalue weighted by atomic mass is 35.5. The molecule has 0 saturated carbocycles. The lowest BCUT2D eigenvalue weighted by molar-refractivity contribution is -0.673. The minimum absolute atomic E-state index is 0.210. The fourth-order valence-electron chi connectivity index (χ4n) is 1.28. The topological polar surface area (TPSA) is 63.4 Å². The first-order valence-corrected chi connectivity index (χ1v) is 5.67. The lowest BCUT2D eigenvalue weighted by Crippen LogP contribution is -2.52. The van der Waals surface area contributed by atoms with Crippen LogP contribution in [0.5, 0.6) is 0 Å². The number of nitrogens with zero attached hydrogens (tertiary/aromatic N) is 1. The zero-order valence-electron chi connectivity index (χ0n) is 8.84. The van der Waals surface area contributed by atoms with Crippen molar-refractivity contribution in [1.29, 1.82) is 0 Å². The molecule has 0 aliphatic carbocycles. The van der Waals surface area contributed by atoms with Crippen LogP contribution in [0.15, 0.2) is 12.1 Å². The van der Waals surface area contributed by atoms with Crippen LogP contribution in [-0.2, 0) is 5.60 Å². The van der Waals surface area contributed by atoms with Gasteiger partial charge in [0.15, 0.2) is 0 Å². The van der Waals surface area contributed by atoms with Gasteiger partial charge in [-0.25, -0.2) is 4.39 Å². The van der Waals surface area contributed by atoms with Crippen LogP contribution in [0.25, 0.3) is 0 Å². The van der Waals surface area contributed by atoms with Crippen molar-refractivity contribution in [3.8, 4) is 0 Å². The summed E-state index contributed by atoms with van der Waals surface area (Å²) in [6.45, 7) is -2.12. The van der Waals surface area contributed by atoms with Gasteiger partial charge in [0.25, 0.3) is 5.60 Å². The molecule has 0 aliphatic rings. The molecule has 1 unspecified atom stereocenters. The van der Waals surface area contributed by atoms with Crippen LogP contribution in [0.2, 0.25) is 15.1 Å². The minimum atomic E-state index is -4.97. The fraction of sp³-hybridized carbons (Fsp3) is 0.333. The second kappa shape index (κ2) is 5.32. The summed E-state index contributed by atoms with van der Waals surface area (Å²) in [6, 6.07) is -3.60. The summed E-state index contributed by atoms with van der Waals surface area (Å²) in [7, 11) is 0. The fourth-order valence-corrected chi connectivity index (χ4v) is 1.87. The van der Waals surface area contributed by atoms with E-state index in [9.17, 15) is 28.4 Å². The van der Waals surface area contributed by atoms with Gasteiger partial charge >= 0.3 is 6.05 Å². The second-order valence-corrected chi connectivity index (χ2v) is 4.74. The number of halogens is 6. The van der Waals surface area contributed by atoms with E-state index in [0.717, 1.165) is 0 Å². The Hall–Kier alpha value is -0.760.